The van der Waals surface area contributed by atoms with Crippen molar-refractivity contribution in [3.8, 4) is 12.3 Å². The van der Waals surface area contributed by atoms with Crippen LogP contribution in [-0.4, -0.2) is 32.3 Å². The van der Waals surface area contributed by atoms with Gasteiger partial charge in [-0.1, -0.05) is 5.92 Å². The van der Waals surface area contributed by atoms with Crippen LogP contribution in [0.25, 0.3) is 0 Å². The standard InChI is InChI=1S/C10H19FO2Si/c1-5-10(2,12)6-8-13-14(3,4)9-7-11/h1,12H,6-9H2,2-4H3. The Morgan fingerprint density at radius 3 is 2.57 bits per heavy atom. The third-order valence-corrected chi connectivity index (χ3v) is 4.47. The summed E-state index contributed by atoms with van der Waals surface area (Å²) in [6.07, 6.45) is 5.51. The number of hydrogen-bond donors (Lipinski definition) is 1. The predicted molar refractivity (Wildman–Crippen MR) is 58.3 cm³/mol. The molecule has 0 amide bonds. The molecule has 0 rings (SSSR count). The van der Waals surface area contributed by atoms with Crippen molar-refractivity contribution in [2.24, 2.45) is 0 Å². The van der Waals surface area contributed by atoms with Gasteiger partial charge >= 0.3 is 0 Å². The van der Waals surface area contributed by atoms with Crippen molar-refractivity contribution in [1.29, 1.82) is 0 Å². The minimum Gasteiger partial charge on any atom is -0.417 e. The molecule has 0 saturated heterocycles. The van der Waals surface area contributed by atoms with E-state index in [1.165, 1.54) is 0 Å². The zero-order valence-electron chi connectivity index (χ0n) is 9.14. The van der Waals surface area contributed by atoms with Crippen LogP contribution in [0.5, 0.6) is 0 Å². The van der Waals surface area contributed by atoms with Gasteiger partial charge in [0.2, 0.25) is 0 Å². The maximum atomic E-state index is 12.1. The van der Waals surface area contributed by atoms with Crippen LogP contribution in [-0.2, 0) is 4.43 Å². The fourth-order valence-electron chi connectivity index (χ4n) is 0.898. The molecule has 0 aromatic rings. The number of terminal acetylenes is 1. The van der Waals surface area contributed by atoms with E-state index in [4.69, 9.17) is 10.8 Å². The van der Waals surface area contributed by atoms with Gasteiger partial charge in [-0.15, -0.1) is 6.42 Å². The lowest BCUT2D eigenvalue weighted by Crippen LogP contribution is -2.33. The minimum atomic E-state index is -1.87. The summed E-state index contributed by atoms with van der Waals surface area (Å²) in [5, 5.41) is 9.48. The van der Waals surface area contributed by atoms with Gasteiger partial charge in [-0.3, -0.25) is 4.39 Å². The molecule has 0 aliphatic heterocycles. The molecule has 1 unspecified atom stereocenters. The van der Waals surface area contributed by atoms with Gasteiger partial charge in [0.15, 0.2) is 8.32 Å². The molecule has 4 heteroatoms. The van der Waals surface area contributed by atoms with Gasteiger partial charge in [0.25, 0.3) is 0 Å². The third kappa shape index (κ3) is 6.14. The molecule has 14 heavy (non-hydrogen) atoms. The first-order valence-electron chi connectivity index (χ1n) is 4.73. The SMILES string of the molecule is C#CC(C)(O)CCO[Si](C)(C)CCF. The molecule has 0 bridgehead atoms. The van der Waals surface area contributed by atoms with E-state index in [0.717, 1.165) is 0 Å². The van der Waals surface area contributed by atoms with E-state index in [1.807, 2.05) is 13.1 Å². The highest BCUT2D eigenvalue weighted by molar-refractivity contribution is 6.71. The number of aliphatic hydroxyl groups is 1. The maximum absolute atomic E-state index is 12.1. The molecule has 1 atom stereocenters. The van der Waals surface area contributed by atoms with E-state index >= 15 is 0 Å². The summed E-state index contributed by atoms with van der Waals surface area (Å²) >= 11 is 0. The second-order valence-electron chi connectivity index (χ2n) is 4.22. The van der Waals surface area contributed by atoms with E-state index in [9.17, 15) is 9.50 Å². The molecule has 2 nitrogen and oxygen atoms in total. The molecule has 0 aliphatic rings. The van der Waals surface area contributed by atoms with Gasteiger partial charge < -0.3 is 9.53 Å². The van der Waals surface area contributed by atoms with Crippen molar-refractivity contribution >= 4 is 8.32 Å². The molecule has 0 aliphatic carbocycles. The molecule has 0 radical (unpaired) electrons. The highest BCUT2D eigenvalue weighted by Crippen LogP contribution is 2.14. The Balaban J connectivity index is 3.80. The van der Waals surface area contributed by atoms with Crippen LogP contribution in [0.1, 0.15) is 13.3 Å². The smallest absolute Gasteiger partial charge is 0.189 e. The van der Waals surface area contributed by atoms with Crippen LogP contribution >= 0.6 is 0 Å². The van der Waals surface area contributed by atoms with E-state index < -0.39 is 13.9 Å². The number of halogens is 1. The number of hydrogen-bond acceptors (Lipinski definition) is 2. The average molecular weight is 218 g/mol. The largest absolute Gasteiger partial charge is 0.417 e. The van der Waals surface area contributed by atoms with Crippen molar-refractivity contribution < 1.29 is 13.9 Å². The number of alkyl halides is 1. The first-order valence-corrected chi connectivity index (χ1v) is 7.84. The molecule has 0 aromatic carbocycles. The fraction of sp³-hybridized carbons (Fsp3) is 0.800. The van der Waals surface area contributed by atoms with E-state index in [2.05, 4.69) is 5.92 Å². The summed E-state index contributed by atoms with van der Waals surface area (Å²) in [7, 11) is -1.87. The molecule has 82 valence electrons. The Bertz CT molecular complexity index is 209. The van der Waals surface area contributed by atoms with Gasteiger partial charge in [0.05, 0.1) is 6.67 Å². The topological polar surface area (TPSA) is 29.5 Å². The predicted octanol–water partition coefficient (Wildman–Crippen LogP) is 1.95. The van der Waals surface area contributed by atoms with E-state index in [-0.39, 0.29) is 6.67 Å². The molecule has 0 spiro atoms. The molecular weight excluding hydrogens is 199 g/mol. The van der Waals surface area contributed by atoms with Crippen molar-refractivity contribution in [2.75, 3.05) is 13.3 Å². The zero-order valence-corrected chi connectivity index (χ0v) is 10.1. The summed E-state index contributed by atoms with van der Waals surface area (Å²) in [5.41, 5.74) is -1.11. The lowest BCUT2D eigenvalue weighted by molar-refractivity contribution is 0.0910. The first-order chi connectivity index (χ1) is 6.33. The van der Waals surface area contributed by atoms with Crippen molar-refractivity contribution in [3.05, 3.63) is 0 Å². The second kappa shape index (κ2) is 5.49. The Kier molecular flexibility index (Phi) is 5.35. The monoisotopic (exact) mass is 218 g/mol. The quantitative estimate of drug-likeness (QED) is 0.545. The summed E-state index contributed by atoms with van der Waals surface area (Å²) < 4.78 is 17.6. The van der Waals surface area contributed by atoms with Crippen LogP contribution in [0.3, 0.4) is 0 Å². The van der Waals surface area contributed by atoms with E-state index in [1.54, 1.807) is 6.92 Å². The number of rotatable bonds is 6. The molecule has 0 saturated carbocycles. The molecule has 0 heterocycles. The summed E-state index contributed by atoms with van der Waals surface area (Å²) in [5.74, 6) is 2.28. The average Bonchev–Trinajstić information content (AvgIpc) is 2.03. The summed E-state index contributed by atoms with van der Waals surface area (Å²) in [6.45, 7) is 5.54. The van der Waals surface area contributed by atoms with Crippen molar-refractivity contribution in [3.63, 3.8) is 0 Å². The van der Waals surface area contributed by atoms with Gasteiger partial charge in [-0.25, -0.2) is 0 Å². The van der Waals surface area contributed by atoms with Crippen molar-refractivity contribution in [2.45, 2.75) is 38.1 Å². The van der Waals surface area contributed by atoms with Gasteiger partial charge in [-0.05, 0) is 26.1 Å². The van der Waals surface area contributed by atoms with Crippen LogP contribution in [0.15, 0.2) is 0 Å². The highest BCUT2D eigenvalue weighted by Gasteiger charge is 2.24. The van der Waals surface area contributed by atoms with Gasteiger partial charge in [0, 0.05) is 13.0 Å². The molecule has 0 aromatic heterocycles. The van der Waals surface area contributed by atoms with Crippen LogP contribution in [0.4, 0.5) is 4.39 Å². The lowest BCUT2D eigenvalue weighted by atomic mass is 10.1. The molecular formula is C10H19FO2Si. The molecule has 0 fully saturated rings. The third-order valence-electron chi connectivity index (χ3n) is 2.09. The Morgan fingerprint density at radius 1 is 1.57 bits per heavy atom. The maximum Gasteiger partial charge on any atom is 0.189 e. The van der Waals surface area contributed by atoms with Crippen molar-refractivity contribution in [1.82, 2.24) is 0 Å². The first kappa shape index (κ1) is 13.6. The minimum absolute atomic E-state index is 0.343. The highest BCUT2D eigenvalue weighted by atomic mass is 28.4. The Morgan fingerprint density at radius 2 is 2.14 bits per heavy atom. The van der Waals surface area contributed by atoms with Crippen LogP contribution in [0, 0.1) is 12.3 Å². The Hall–Kier alpha value is -0.373. The lowest BCUT2D eigenvalue weighted by Gasteiger charge is -2.24. The fourth-order valence-corrected chi connectivity index (χ4v) is 2.15. The van der Waals surface area contributed by atoms with Crippen LogP contribution < -0.4 is 0 Å². The summed E-state index contributed by atoms with van der Waals surface area (Å²) in [6, 6.07) is 0.491. The molecule has 1 N–H and O–H groups in total. The second-order valence-corrected chi connectivity index (χ2v) is 8.52. The van der Waals surface area contributed by atoms with Crippen LogP contribution in [0.2, 0.25) is 19.1 Å². The van der Waals surface area contributed by atoms with Gasteiger partial charge in [-0.2, -0.15) is 0 Å². The Labute approximate surface area is 86.6 Å². The normalized spacial score (nSPS) is 16.0. The summed E-state index contributed by atoms with van der Waals surface area (Å²) in [4.78, 5) is 0. The van der Waals surface area contributed by atoms with Gasteiger partial charge in [0.1, 0.15) is 5.60 Å². The zero-order chi connectivity index (χ0) is 11.2. The van der Waals surface area contributed by atoms with E-state index in [0.29, 0.717) is 19.1 Å².